The summed E-state index contributed by atoms with van der Waals surface area (Å²) < 4.78 is 6.75. The van der Waals surface area contributed by atoms with Crippen LogP contribution in [0.3, 0.4) is 0 Å². The third-order valence-corrected chi connectivity index (χ3v) is 6.34. The van der Waals surface area contributed by atoms with Crippen molar-refractivity contribution in [2.75, 3.05) is 0 Å². The highest BCUT2D eigenvalue weighted by molar-refractivity contribution is 6.47. The summed E-state index contributed by atoms with van der Waals surface area (Å²) in [4.78, 5) is 0. The molecule has 0 saturated heterocycles. The Kier molecular flexibility index (Phi) is 5.85. The molecule has 0 atom stereocenters. The minimum absolute atomic E-state index is 0.363. The first-order valence-corrected chi connectivity index (χ1v) is 10.4. The Morgan fingerprint density at radius 1 is 0.720 bits per heavy atom. The molecule has 0 bridgehead atoms. The van der Waals surface area contributed by atoms with Crippen molar-refractivity contribution in [2.45, 2.75) is 32.3 Å². The molecule has 3 rings (SSSR count). The Labute approximate surface area is 153 Å². The third kappa shape index (κ3) is 3.92. The number of rotatable bonds is 7. The molecule has 0 aliphatic heterocycles. The van der Waals surface area contributed by atoms with Crippen LogP contribution in [0.5, 0.6) is 0 Å². The Balaban J connectivity index is 1.93. The fourth-order valence-corrected chi connectivity index (χ4v) is 4.71. The molecule has 2 heteroatoms. The molecule has 0 N–H and O–H groups in total. The lowest BCUT2D eigenvalue weighted by Crippen LogP contribution is -2.35. The average molecular weight is 347 g/mol. The SMILES string of the molecule is CCc1ccc([SiH2]OC(CC)(c2ccccc2)c2ccccc2)cc1. The van der Waals surface area contributed by atoms with E-state index in [2.05, 4.69) is 98.8 Å². The summed E-state index contributed by atoms with van der Waals surface area (Å²) in [5, 5.41) is 1.35. The van der Waals surface area contributed by atoms with Gasteiger partial charge in [0.2, 0.25) is 0 Å². The highest BCUT2D eigenvalue weighted by Gasteiger charge is 2.32. The van der Waals surface area contributed by atoms with Crippen LogP contribution in [0.4, 0.5) is 0 Å². The molecule has 0 aromatic heterocycles. The van der Waals surface area contributed by atoms with Crippen molar-refractivity contribution in [2.24, 2.45) is 0 Å². The Morgan fingerprint density at radius 3 is 1.68 bits per heavy atom. The van der Waals surface area contributed by atoms with Crippen molar-refractivity contribution >= 4 is 14.9 Å². The molecule has 0 spiro atoms. The van der Waals surface area contributed by atoms with E-state index in [0.717, 1.165) is 12.8 Å². The van der Waals surface area contributed by atoms with Gasteiger partial charge < -0.3 is 4.43 Å². The molecule has 0 heterocycles. The summed E-state index contributed by atoms with van der Waals surface area (Å²) >= 11 is 0. The molecular formula is C23H26OSi. The molecule has 0 aliphatic carbocycles. The molecule has 1 nitrogen and oxygen atoms in total. The molecule has 128 valence electrons. The summed E-state index contributed by atoms with van der Waals surface area (Å²) in [7, 11) is -0.838. The molecule has 0 unspecified atom stereocenters. The molecule has 0 aliphatic rings. The first kappa shape index (κ1) is 17.7. The van der Waals surface area contributed by atoms with Gasteiger partial charge in [-0.25, -0.2) is 0 Å². The van der Waals surface area contributed by atoms with Crippen LogP contribution in [0.2, 0.25) is 0 Å². The highest BCUT2D eigenvalue weighted by atomic mass is 28.2. The molecule has 0 radical (unpaired) electrons. The Morgan fingerprint density at radius 2 is 1.24 bits per heavy atom. The van der Waals surface area contributed by atoms with Crippen molar-refractivity contribution in [3.05, 3.63) is 102 Å². The summed E-state index contributed by atoms with van der Waals surface area (Å²) in [5.41, 5.74) is 3.49. The van der Waals surface area contributed by atoms with E-state index in [1.165, 1.54) is 21.9 Å². The topological polar surface area (TPSA) is 9.23 Å². The average Bonchev–Trinajstić information content (AvgIpc) is 2.71. The normalized spacial score (nSPS) is 11.9. The molecule has 0 saturated carbocycles. The van der Waals surface area contributed by atoms with Gasteiger partial charge in [0.05, 0.1) is 0 Å². The van der Waals surface area contributed by atoms with E-state index in [0.29, 0.717) is 0 Å². The van der Waals surface area contributed by atoms with Crippen LogP contribution in [-0.4, -0.2) is 9.76 Å². The third-order valence-electron chi connectivity index (χ3n) is 4.89. The van der Waals surface area contributed by atoms with Gasteiger partial charge in [-0.05, 0) is 34.7 Å². The Hall–Kier alpha value is -2.16. The maximum atomic E-state index is 6.75. The number of benzene rings is 3. The predicted molar refractivity (Wildman–Crippen MR) is 109 cm³/mol. The number of aryl methyl sites for hydroxylation is 1. The zero-order chi connectivity index (χ0) is 17.5. The van der Waals surface area contributed by atoms with Crippen LogP contribution in [0.25, 0.3) is 0 Å². The second-order valence-corrected chi connectivity index (χ2v) is 7.77. The second kappa shape index (κ2) is 8.28. The van der Waals surface area contributed by atoms with Crippen LogP contribution >= 0.6 is 0 Å². The lowest BCUT2D eigenvalue weighted by atomic mass is 9.84. The van der Waals surface area contributed by atoms with Crippen molar-refractivity contribution < 1.29 is 4.43 Å². The first-order chi connectivity index (χ1) is 12.3. The van der Waals surface area contributed by atoms with Crippen molar-refractivity contribution in [1.29, 1.82) is 0 Å². The first-order valence-electron chi connectivity index (χ1n) is 9.11. The lowest BCUT2D eigenvalue weighted by molar-refractivity contribution is 0.115. The van der Waals surface area contributed by atoms with E-state index >= 15 is 0 Å². The predicted octanol–water partition coefficient (Wildman–Crippen LogP) is 4.33. The van der Waals surface area contributed by atoms with E-state index in [4.69, 9.17) is 4.43 Å². The summed E-state index contributed by atoms with van der Waals surface area (Å²) in [5.74, 6) is 0. The zero-order valence-corrected chi connectivity index (χ0v) is 16.5. The maximum absolute atomic E-state index is 6.75. The monoisotopic (exact) mass is 346 g/mol. The summed E-state index contributed by atoms with van der Waals surface area (Å²) in [6.45, 7) is 4.41. The van der Waals surface area contributed by atoms with Crippen LogP contribution in [0.1, 0.15) is 37.0 Å². The molecule has 0 fully saturated rings. The van der Waals surface area contributed by atoms with Crippen molar-refractivity contribution in [1.82, 2.24) is 0 Å². The van der Waals surface area contributed by atoms with Crippen LogP contribution in [0.15, 0.2) is 84.9 Å². The highest BCUT2D eigenvalue weighted by Crippen LogP contribution is 2.36. The van der Waals surface area contributed by atoms with Gasteiger partial charge in [-0.1, -0.05) is 98.8 Å². The fraction of sp³-hybridized carbons (Fsp3) is 0.217. The van der Waals surface area contributed by atoms with E-state index in [9.17, 15) is 0 Å². The lowest BCUT2D eigenvalue weighted by Gasteiger charge is -2.35. The Bertz CT molecular complexity index is 727. The van der Waals surface area contributed by atoms with Gasteiger partial charge in [-0.3, -0.25) is 0 Å². The smallest absolute Gasteiger partial charge is 0.193 e. The molecule has 3 aromatic carbocycles. The van der Waals surface area contributed by atoms with Gasteiger partial charge in [-0.15, -0.1) is 0 Å². The fourth-order valence-electron chi connectivity index (χ4n) is 3.34. The van der Waals surface area contributed by atoms with Gasteiger partial charge in [0, 0.05) is 0 Å². The molecule has 25 heavy (non-hydrogen) atoms. The van der Waals surface area contributed by atoms with Gasteiger partial charge in [0.1, 0.15) is 5.60 Å². The number of hydrogen-bond acceptors (Lipinski definition) is 1. The largest absolute Gasteiger partial charge is 0.405 e. The van der Waals surface area contributed by atoms with E-state index < -0.39 is 9.76 Å². The van der Waals surface area contributed by atoms with Gasteiger partial charge in [0.25, 0.3) is 0 Å². The minimum atomic E-state index is -0.838. The van der Waals surface area contributed by atoms with E-state index in [-0.39, 0.29) is 5.60 Å². The summed E-state index contributed by atoms with van der Waals surface area (Å²) in [6.07, 6.45) is 2.00. The van der Waals surface area contributed by atoms with Crippen molar-refractivity contribution in [3.8, 4) is 0 Å². The molecule has 3 aromatic rings. The van der Waals surface area contributed by atoms with Crippen LogP contribution in [0, 0.1) is 0 Å². The minimum Gasteiger partial charge on any atom is -0.405 e. The van der Waals surface area contributed by atoms with Gasteiger partial charge in [0.15, 0.2) is 9.76 Å². The van der Waals surface area contributed by atoms with Crippen molar-refractivity contribution in [3.63, 3.8) is 0 Å². The molecular weight excluding hydrogens is 320 g/mol. The van der Waals surface area contributed by atoms with Crippen LogP contribution in [-0.2, 0) is 16.4 Å². The molecule has 0 amide bonds. The maximum Gasteiger partial charge on any atom is 0.193 e. The summed E-state index contributed by atoms with van der Waals surface area (Å²) in [6, 6.07) is 30.2. The van der Waals surface area contributed by atoms with Gasteiger partial charge in [-0.2, -0.15) is 0 Å². The van der Waals surface area contributed by atoms with Crippen LogP contribution < -0.4 is 5.19 Å². The van der Waals surface area contributed by atoms with E-state index in [1.54, 1.807) is 0 Å². The van der Waals surface area contributed by atoms with E-state index in [1.807, 2.05) is 0 Å². The standard InChI is InChI=1S/C23H26OSi/c1-3-19-15-17-22(18-16-19)25-24-23(4-2,20-11-7-5-8-12-20)21-13-9-6-10-14-21/h5-18H,3-4,25H2,1-2H3. The number of hydrogen-bond donors (Lipinski definition) is 0. The quantitative estimate of drug-likeness (QED) is 0.579. The van der Waals surface area contributed by atoms with Gasteiger partial charge >= 0.3 is 0 Å². The second-order valence-electron chi connectivity index (χ2n) is 6.37. The zero-order valence-electron chi connectivity index (χ0n) is 15.1.